The van der Waals surface area contributed by atoms with Crippen molar-refractivity contribution in [3.05, 3.63) is 48.5 Å². The molecule has 1 aliphatic rings. The molecular formula is C18H16N4O3. The number of hydrogen-bond acceptors (Lipinski definition) is 4. The van der Waals surface area contributed by atoms with E-state index in [1.807, 2.05) is 24.3 Å². The molecule has 0 saturated carbocycles. The molecule has 1 aromatic heterocycles. The van der Waals surface area contributed by atoms with Crippen molar-refractivity contribution in [3.8, 4) is 5.75 Å². The van der Waals surface area contributed by atoms with Gasteiger partial charge in [0.2, 0.25) is 17.8 Å². The monoisotopic (exact) mass is 336 g/mol. The lowest BCUT2D eigenvalue weighted by atomic mass is 10.1. The highest BCUT2D eigenvalue weighted by Crippen LogP contribution is 2.32. The van der Waals surface area contributed by atoms with Gasteiger partial charge in [0, 0.05) is 11.8 Å². The highest BCUT2D eigenvalue weighted by atomic mass is 16.5. The van der Waals surface area contributed by atoms with Gasteiger partial charge >= 0.3 is 0 Å². The van der Waals surface area contributed by atoms with E-state index in [2.05, 4.69) is 15.6 Å². The molecule has 0 bridgehead atoms. The summed E-state index contributed by atoms with van der Waals surface area (Å²) in [6, 6.07) is 14.0. The largest absolute Gasteiger partial charge is 0.497 e. The molecule has 2 aromatic carbocycles. The minimum Gasteiger partial charge on any atom is -0.497 e. The first kappa shape index (κ1) is 15.2. The fourth-order valence-corrected chi connectivity index (χ4v) is 3.03. The van der Waals surface area contributed by atoms with Crippen LogP contribution in [-0.2, 0) is 9.59 Å². The quantitative estimate of drug-likeness (QED) is 0.767. The van der Waals surface area contributed by atoms with E-state index in [1.54, 1.807) is 35.9 Å². The second kappa shape index (κ2) is 5.94. The Kier molecular flexibility index (Phi) is 3.61. The van der Waals surface area contributed by atoms with Crippen molar-refractivity contribution in [2.75, 3.05) is 17.7 Å². The van der Waals surface area contributed by atoms with Gasteiger partial charge in [0.15, 0.2) is 0 Å². The molecule has 2 heterocycles. The summed E-state index contributed by atoms with van der Waals surface area (Å²) in [6.45, 7) is 0. The molecule has 1 aliphatic heterocycles. The van der Waals surface area contributed by atoms with E-state index in [1.165, 1.54) is 0 Å². The molecule has 0 saturated heterocycles. The third-order valence-electron chi connectivity index (χ3n) is 4.18. The van der Waals surface area contributed by atoms with Crippen LogP contribution in [0.5, 0.6) is 5.75 Å². The van der Waals surface area contributed by atoms with Crippen molar-refractivity contribution in [3.63, 3.8) is 0 Å². The van der Waals surface area contributed by atoms with Crippen molar-refractivity contribution >= 4 is 34.5 Å². The van der Waals surface area contributed by atoms with Gasteiger partial charge in [-0.25, -0.2) is 4.98 Å². The summed E-state index contributed by atoms with van der Waals surface area (Å²) in [6.07, 6.45) is 0.0242. The number of ether oxygens (including phenoxy) is 1. The van der Waals surface area contributed by atoms with Gasteiger partial charge in [-0.05, 0) is 24.3 Å². The number of rotatable bonds is 4. The number of methoxy groups -OCH3 is 1. The molecular weight excluding hydrogens is 320 g/mol. The average molecular weight is 336 g/mol. The van der Waals surface area contributed by atoms with Crippen LogP contribution >= 0.6 is 0 Å². The lowest BCUT2D eigenvalue weighted by molar-refractivity contribution is -0.123. The summed E-state index contributed by atoms with van der Waals surface area (Å²) in [5.41, 5.74) is 2.24. The number of carbonyl (C=O) groups excluding carboxylic acids is 2. The minimum absolute atomic E-state index is 0.0242. The Balaban J connectivity index is 1.57. The molecule has 126 valence electrons. The van der Waals surface area contributed by atoms with E-state index in [-0.39, 0.29) is 18.2 Å². The number of nitrogens with zero attached hydrogens (tertiary/aromatic N) is 2. The predicted octanol–water partition coefficient (Wildman–Crippen LogP) is 2.57. The number of imidazole rings is 1. The summed E-state index contributed by atoms with van der Waals surface area (Å²) in [4.78, 5) is 29.1. The van der Waals surface area contributed by atoms with Gasteiger partial charge in [-0.2, -0.15) is 0 Å². The van der Waals surface area contributed by atoms with Crippen LogP contribution in [0, 0.1) is 0 Å². The zero-order valence-electron chi connectivity index (χ0n) is 13.5. The zero-order valence-corrected chi connectivity index (χ0v) is 13.5. The van der Waals surface area contributed by atoms with Crippen LogP contribution in [0.2, 0.25) is 0 Å². The van der Waals surface area contributed by atoms with Crippen molar-refractivity contribution in [2.24, 2.45) is 0 Å². The normalized spacial score (nSPS) is 15.7. The molecule has 0 radical (unpaired) electrons. The first-order chi connectivity index (χ1) is 12.2. The Morgan fingerprint density at radius 3 is 2.96 bits per heavy atom. The van der Waals surface area contributed by atoms with Gasteiger partial charge in [-0.3, -0.25) is 19.5 Å². The van der Waals surface area contributed by atoms with E-state index >= 15 is 0 Å². The lowest BCUT2D eigenvalue weighted by Gasteiger charge is -2.12. The van der Waals surface area contributed by atoms with E-state index in [9.17, 15) is 9.59 Å². The van der Waals surface area contributed by atoms with Gasteiger partial charge in [-0.1, -0.05) is 18.2 Å². The van der Waals surface area contributed by atoms with Crippen LogP contribution in [0.15, 0.2) is 48.5 Å². The maximum Gasteiger partial charge on any atom is 0.250 e. The molecule has 4 rings (SSSR count). The number of carbonyl (C=O) groups is 2. The fourth-order valence-electron chi connectivity index (χ4n) is 3.03. The van der Waals surface area contributed by atoms with E-state index in [4.69, 9.17) is 4.74 Å². The van der Waals surface area contributed by atoms with E-state index < -0.39 is 6.04 Å². The van der Waals surface area contributed by atoms with Crippen LogP contribution < -0.4 is 15.4 Å². The molecule has 1 atom stereocenters. The zero-order chi connectivity index (χ0) is 17.4. The first-order valence-corrected chi connectivity index (χ1v) is 7.87. The average Bonchev–Trinajstić information content (AvgIpc) is 3.11. The number of para-hydroxylation sites is 2. The lowest BCUT2D eigenvalue weighted by Crippen LogP contribution is -2.23. The molecule has 3 aromatic rings. The second-order valence-electron chi connectivity index (χ2n) is 5.78. The molecule has 0 fully saturated rings. The topological polar surface area (TPSA) is 85.2 Å². The maximum absolute atomic E-state index is 12.4. The van der Waals surface area contributed by atoms with Gasteiger partial charge in [0.25, 0.3) is 0 Å². The molecule has 25 heavy (non-hydrogen) atoms. The van der Waals surface area contributed by atoms with Crippen molar-refractivity contribution in [1.29, 1.82) is 0 Å². The third-order valence-corrected chi connectivity index (χ3v) is 4.18. The number of benzene rings is 2. The van der Waals surface area contributed by atoms with Crippen LogP contribution in [0.3, 0.4) is 0 Å². The molecule has 7 nitrogen and oxygen atoms in total. The van der Waals surface area contributed by atoms with Crippen LogP contribution in [0.4, 0.5) is 11.6 Å². The Hall–Kier alpha value is -3.35. The predicted molar refractivity (Wildman–Crippen MR) is 93.6 cm³/mol. The van der Waals surface area contributed by atoms with Crippen molar-refractivity contribution in [1.82, 2.24) is 9.55 Å². The second-order valence-corrected chi connectivity index (χ2v) is 5.78. The fraction of sp³-hybridized carbons (Fsp3) is 0.167. The number of amides is 2. The molecule has 0 spiro atoms. The number of anilines is 2. The van der Waals surface area contributed by atoms with Crippen LogP contribution in [0.25, 0.3) is 11.0 Å². The molecule has 0 aliphatic carbocycles. The molecule has 2 amide bonds. The Morgan fingerprint density at radius 1 is 1.28 bits per heavy atom. The summed E-state index contributed by atoms with van der Waals surface area (Å²) in [7, 11) is 1.56. The summed E-state index contributed by atoms with van der Waals surface area (Å²) < 4.78 is 6.92. The Bertz CT molecular complexity index is 979. The number of fused-ring (bicyclic) bond motifs is 3. The first-order valence-electron chi connectivity index (χ1n) is 7.87. The summed E-state index contributed by atoms with van der Waals surface area (Å²) in [5.74, 6) is 0.651. The summed E-state index contributed by atoms with van der Waals surface area (Å²) in [5, 5.41) is 5.54. The SMILES string of the molecule is COc1cccc(NC(=O)C[C@H]2C(=O)Nc3nc4ccccc4n32)c1. The highest BCUT2D eigenvalue weighted by Gasteiger charge is 2.34. The number of hydrogen-bond donors (Lipinski definition) is 2. The Morgan fingerprint density at radius 2 is 2.12 bits per heavy atom. The standard InChI is InChI=1S/C18H16N4O3/c1-25-12-6-4-5-11(9-12)19-16(23)10-15-17(24)21-18-20-13-7-2-3-8-14(13)22(15)18/h2-9,15H,10H2,1H3,(H,19,23)(H,20,21,24)/t15-/m0/s1. The highest BCUT2D eigenvalue weighted by molar-refractivity contribution is 6.03. The van der Waals surface area contributed by atoms with Gasteiger partial charge < -0.3 is 10.1 Å². The third kappa shape index (κ3) is 2.69. The van der Waals surface area contributed by atoms with Crippen molar-refractivity contribution in [2.45, 2.75) is 12.5 Å². The van der Waals surface area contributed by atoms with Crippen LogP contribution in [-0.4, -0.2) is 28.5 Å². The van der Waals surface area contributed by atoms with Gasteiger partial charge in [-0.15, -0.1) is 0 Å². The molecule has 0 unspecified atom stereocenters. The van der Waals surface area contributed by atoms with E-state index in [0.717, 1.165) is 11.0 Å². The van der Waals surface area contributed by atoms with E-state index in [0.29, 0.717) is 17.4 Å². The molecule has 7 heteroatoms. The van der Waals surface area contributed by atoms with Crippen molar-refractivity contribution < 1.29 is 14.3 Å². The van der Waals surface area contributed by atoms with Crippen LogP contribution in [0.1, 0.15) is 12.5 Å². The maximum atomic E-state index is 12.4. The molecule has 2 N–H and O–H groups in total. The summed E-state index contributed by atoms with van der Waals surface area (Å²) >= 11 is 0. The number of nitrogens with one attached hydrogen (secondary N) is 2. The van der Waals surface area contributed by atoms with Gasteiger partial charge in [0.05, 0.1) is 24.6 Å². The Labute approximate surface area is 143 Å². The minimum atomic E-state index is -0.618. The van der Waals surface area contributed by atoms with Gasteiger partial charge in [0.1, 0.15) is 11.8 Å². The number of aromatic nitrogens is 2. The smallest absolute Gasteiger partial charge is 0.250 e.